The second-order valence-electron chi connectivity index (χ2n) is 5.04. The van der Waals surface area contributed by atoms with Gasteiger partial charge in [0.05, 0.1) is 17.1 Å². The molecule has 1 atom stereocenters. The lowest BCUT2D eigenvalue weighted by Crippen LogP contribution is -2.14. The topological polar surface area (TPSA) is 54.7 Å². The molecule has 0 radical (unpaired) electrons. The molecule has 0 aliphatic carbocycles. The Kier molecular flexibility index (Phi) is 3.59. The number of H-pyrrole nitrogens is 1. The van der Waals surface area contributed by atoms with Crippen molar-refractivity contribution in [1.82, 2.24) is 9.97 Å². The molecular weight excluding hydrogens is 314 g/mol. The van der Waals surface area contributed by atoms with Crippen molar-refractivity contribution in [1.29, 1.82) is 0 Å². The molecule has 102 valence electrons. The smallest absolute Gasteiger partial charge is 0.124 e. The van der Waals surface area contributed by atoms with Crippen LogP contribution in [0.25, 0.3) is 11.0 Å². The number of rotatable bonds is 3. The lowest BCUT2D eigenvalue weighted by molar-refractivity contribution is 0.680. The maximum absolute atomic E-state index is 6.27. The molecule has 1 aromatic heterocycles. The number of benzene rings is 2. The number of aryl methyl sites for hydroxylation is 1. The zero-order chi connectivity index (χ0) is 14.1. The summed E-state index contributed by atoms with van der Waals surface area (Å²) in [7, 11) is 0. The van der Waals surface area contributed by atoms with E-state index in [1.54, 1.807) is 0 Å². The number of nitrogens with two attached hydrogens (primary N) is 1. The maximum atomic E-state index is 6.27. The van der Waals surface area contributed by atoms with E-state index in [1.165, 1.54) is 5.56 Å². The van der Waals surface area contributed by atoms with Crippen LogP contribution in [0.15, 0.2) is 46.9 Å². The van der Waals surface area contributed by atoms with Gasteiger partial charge in [-0.15, -0.1) is 0 Å². The molecule has 0 bridgehead atoms. The minimum atomic E-state index is -0.122. The van der Waals surface area contributed by atoms with Gasteiger partial charge < -0.3 is 10.7 Å². The van der Waals surface area contributed by atoms with Crippen LogP contribution in [0.4, 0.5) is 0 Å². The standard InChI is InChI=1S/C16H16BrN3/c1-10-7-12(17)9-14-15(10)20-16(19-14)13(18)8-11-5-3-2-4-6-11/h2-7,9,13H,8,18H2,1H3,(H,19,20). The Labute approximate surface area is 126 Å². The van der Waals surface area contributed by atoms with Crippen LogP contribution in [-0.2, 0) is 6.42 Å². The number of imidazole rings is 1. The third-order valence-electron chi connectivity index (χ3n) is 3.41. The van der Waals surface area contributed by atoms with E-state index in [0.29, 0.717) is 0 Å². The van der Waals surface area contributed by atoms with Crippen molar-refractivity contribution in [3.8, 4) is 0 Å². The molecule has 3 nitrogen and oxygen atoms in total. The number of nitrogens with zero attached hydrogens (tertiary/aromatic N) is 1. The molecule has 20 heavy (non-hydrogen) atoms. The highest BCUT2D eigenvalue weighted by Gasteiger charge is 2.13. The first-order valence-electron chi connectivity index (χ1n) is 6.59. The normalized spacial score (nSPS) is 12.8. The Bertz CT molecular complexity index is 734. The zero-order valence-electron chi connectivity index (χ0n) is 11.2. The van der Waals surface area contributed by atoms with Crippen LogP contribution in [-0.4, -0.2) is 9.97 Å². The van der Waals surface area contributed by atoms with Gasteiger partial charge in [-0.05, 0) is 36.6 Å². The summed E-state index contributed by atoms with van der Waals surface area (Å²) in [5.74, 6) is 0.838. The van der Waals surface area contributed by atoms with Crippen molar-refractivity contribution in [2.75, 3.05) is 0 Å². The molecule has 3 rings (SSSR count). The second-order valence-corrected chi connectivity index (χ2v) is 5.95. The molecule has 0 saturated heterocycles. The van der Waals surface area contributed by atoms with Gasteiger partial charge in [0.2, 0.25) is 0 Å². The van der Waals surface area contributed by atoms with Crippen molar-refractivity contribution in [2.24, 2.45) is 5.73 Å². The molecule has 4 heteroatoms. The molecule has 3 aromatic rings. The van der Waals surface area contributed by atoms with E-state index >= 15 is 0 Å². The predicted molar refractivity (Wildman–Crippen MR) is 85.6 cm³/mol. The van der Waals surface area contributed by atoms with Gasteiger partial charge in [-0.25, -0.2) is 4.98 Å². The fourth-order valence-electron chi connectivity index (χ4n) is 2.41. The van der Waals surface area contributed by atoms with Crippen LogP contribution < -0.4 is 5.73 Å². The van der Waals surface area contributed by atoms with Crippen molar-refractivity contribution in [3.05, 3.63) is 63.9 Å². The van der Waals surface area contributed by atoms with Gasteiger partial charge in [-0.3, -0.25) is 0 Å². The van der Waals surface area contributed by atoms with Gasteiger partial charge in [0, 0.05) is 4.47 Å². The van der Waals surface area contributed by atoms with E-state index in [1.807, 2.05) is 24.3 Å². The Morgan fingerprint density at radius 2 is 2.00 bits per heavy atom. The average molecular weight is 330 g/mol. The van der Waals surface area contributed by atoms with Gasteiger partial charge in [-0.2, -0.15) is 0 Å². The minimum absolute atomic E-state index is 0.122. The van der Waals surface area contributed by atoms with Crippen LogP contribution in [0.3, 0.4) is 0 Å². The van der Waals surface area contributed by atoms with Crippen molar-refractivity contribution in [3.63, 3.8) is 0 Å². The Morgan fingerprint density at radius 1 is 1.25 bits per heavy atom. The van der Waals surface area contributed by atoms with E-state index in [4.69, 9.17) is 5.73 Å². The predicted octanol–water partition coefficient (Wildman–Crippen LogP) is 3.88. The van der Waals surface area contributed by atoms with Crippen molar-refractivity contribution in [2.45, 2.75) is 19.4 Å². The number of halogens is 1. The number of aromatic nitrogens is 2. The van der Waals surface area contributed by atoms with Gasteiger partial charge in [-0.1, -0.05) is 46.3 Å². The monoisotopic (exact) mass is 329 g/mol. The molecule has 2 aromatic carbocycles. The van der Waals surface area contributed by atoms with E-state index < -0.39 is 0 Å². The summed E-state index contributed by atoms with van der Waals surface area (Å²) in [6, 6.07) is 14.2. The highest BCUT2D eigenvalue weighted by atomic mass is 79.9. The quantitative estimate of drug-likeness (QED) is 0.766. The molecule has 3 N–H and O–H groups in total. The summed E-state index contributed by atoms with van der Waals surface area (Å²) in [6.45, 7) is 2.06. The SMILES string of the molecule is Cc1cc(Br)cc2[nH]c(C(N)Cc3ccccc3)nc12. The van der Waals surface area contributed by atoms with Gasteiger partial charge >= 0.3 is 0 Å². The van der Waals surface area contributed by atoms with Crippen molar-refractivity contribution < 1.29 is 0 Å². The number of hydrogen-bond donors (Lipinski definition) is 2. The fraction of sp³-hybridized carbons (Fsp3) is 0.188. The van der Waals surface area contributed by atoms with E-state index in [-0.39, 0.29) is 6.04 Å². The fourth-order valence-corrected chi connectivity index (χ4v) is 2.98. The number of aromatic amines is 1. The minimum Gasteiger partial charge on any atom is -0.341 e. The van der Waals surface area contributed by atoms with Gasteiger partial charge in [0.15, 0.2) is 0 Å². The summed E-state index contributed by atoms with van der Waals surface area (Å²) in [6.07, 6.45) is 0.779. The largest absolute Gasteiger partial charge is 0.341 e. The van der Waals surface area contributed by atoms with Crippen LogP contribution in [0.5, 0.6) is 0 Å². The summed E-state index contributed by atoms with van der Waals surface area (Å²) in [5, 5.41) is 0. The molecule has 0 aliphatic rings. The van der Waals surface area contributed by atoms with Crippen LogP contribution in [0.1, 0.15) is 23.0 Å². The lowest BCUT2D eigenvalue weighted by atomic mass is 10.1. The summed E-state index contributed by atoms with van der Waals surface area (Å²) in [5.41, 5.74) is 10.7. The lowest BCUT2D eigenvalue weighted by Gasteiger charge is -2.08. The Hall–Kier alpha value is -1.65. The van der Waals surface area contributed by atoms with Crippen LogP contribution >= 0.6 is 15.9 Å². The molecule has 1 heterocycles. The third-order valence-corrected chi connectivity index (χ3v) is 3.87. The number of nitrogens with one attached hydrogen (secondary N) is 1. The molecule has 0 spiro atoms. The first kappa shape index (κ1) is 13.3. The highest BCUT2D eigenvalue weighted by Crippen LogP contribution is 2.24. The number of fused-ring (bicyclic) bond motifs is 1. The second kappa shape index (κ2) is 5.38. The summed E-state index contributed by atoms with van der Waals surface area (Å²) in [4.78, 5) is 7.98. The van der Waals surface area contributed by atoms with Crippen LogP contribution in [0.2, 0.25) is 0 Å². The highest BCUT2D eigenvalue weighted by molar-refractivity contribution is 9.10. The van der Waals surface area contributed by atoms with Gasteiger partial charge in [0.1, 0.15) is 5.82 Å². The van der Waals surface area contributed by atoms with E-state index in [0.717, 1.165) is 33.3 Å². The molecule has 0 amide bonds. The summed E-state index contributed by atoms with van der Waals surface area (Å²) >= 11 is 3.50. The maximum Gasteiger partial charge on any atom is 0.124 e. The first-order chi connectivity index (χ1) is 9.63. The van der Waals surface area contributed by atoms with Crippen molar-refractivity contribution >= 4 is 27.0 Å². The molecule has 1 unspecified atom stereocenters. The van der Waals surface area contributed by atoms with E-state index in [9.17, 15) is 0 Å². The molecule has 0 aliphatic heterocycles. The van der Waals surface area contributed by atoms with Crippen LogP contribution in [0, 0.1) is 6.92 Å². The summed E-state index contributed by atoms with van der Waals surface area (Å²) < 4.78 is 1.05. The molecule has 0 saturated carbocycles. The average Bonchev–Trinajstić information content (AvgIpc) is 2.84. The Balaban J connectivity index is 1.92. The van der Waals surface area contributed by atoms with E-state index in [2.05, 4.69) is 51.0 Å². The number of hydrogen-bond acceptors (Lipinski definition) is 2. The third kappa shape index (κ3) is 2.62. The van der Waals surface area contributed by atoms with Gasteiger partial charge in [0.25, 0.3) is 0 Å². The first-order valence-corrected chi connectivity index (χ1v) is 7.38. The molecule has 0 fully saturated rings. The molecular formula is C16H16BrN3. The zero-order valence-corrected chi connectivity index (χ0v) is 12.8. The Morgan fingerprint density at radius 3 is 2.75 bits per heavy atom.